The van der Waals surface area contributed by atoms with Crippen LogP contribution in [0.5, 0.6) is 0 Å². The molecule has 0 bridgehead atoms. The highest BCUT2D eigenvalue weighted by molar-refractivity contribution is 5.25. The Morgan fingerprint density at radius 2 is 2.24 bits per heavy atom. The molecule has 1 aromatic heterocycles. The minimum absolute atomic E-state index is 0.191. The third-order valence-corrected chi connectivity index (χ3v) is 3.17. The van der Waals surface area contributed by atoms with Crippen molar-refractivity contribution in [2.24, 2.45) is 5.41 Å². The summed E-state index contributed by atoms with van der Waals surface area (Å²) in [6.07, 6.45) is 3.51. The molecule has 0 saturated heterocycles. The highest BCUT2D eigenvalue weighted by Gasteiger charge is 2.27. The molecule has 1 aliphatic carbocycles. The summed E-state index contributed by atoms with van der Waals surface area (Å²) in [4.78, 5) is 4.45. The second kappa shape index (κ2) is 5.04. The van der Waals surface area contributed by atoms with E-state index in [9.17, 15) is 0 Å². The largest absolute Gasteiger partial charge is 0.385 e. The fourth-order valence-corrected chi connectivity index (χ4v) is 1.68. The topological polar surface area (TPSA) is 62.8 Å². The zero-order valence-corrected chi connectivity index (χ0v) is 10.9. The molecule has 1 aromatic rings. The number of hydrogen-bond donors (Lipinski definition) is 2. The maximum Gasteiger partial charge on any atom is 0.242 e. The van der Waals surface area contributed by atoms with Crippen molar-refractivity contribution in [3.8, 4) is 0 Å². The number of anilines is 1. The van der Waals surface area contributed by atoms with E-state index in [2.05, 4.69) is 34.3 Å². The van der Waals surface area contributed by atoms with Gasteiger partial charge in [0, 0.05) is 26.2 Å². The van der Waals surface area contributed by atoms with Crippen molar-refractivity contribution >= 4 is 5.95 Å². The van der Waals surface area contributed by atoms with Gasteiger partial charge in [-0.15, -0.1) is 5.10 Å². The number of nitrogens with one attached hydrogen (secondary N) is 2. The van der Waals surface area contributed by atoms with Crippen molar-refractivity contribution < 1.29 is 4.74 Å². The van der Waals surface area contributed by atoms with Crippen molar-refractivity contribution in [2.75, 3.05) is 25.6 Å². The van der Waals surface area contributed by atoms with E-state index in [1.807, 2.05) is 0 Å². The molecule has 0 spiro atoms. The lowest BCUT2D eigenvalue weighted by atomic mass is 9.90. The summed E-state index contributed by atoms with van der Waals surface area (Å²) >= 11 is 0. The molecule has 1 heterocycles. The van der Waals surface area contributed by atoms with Crippen LogP contribution in [0.2, 0.25) is 0 Å². The zero-order chi connectivity index (χ0) is 12.3. The minimum Gasteiger partial charge on any atom is -0.385 e. The third kappa shape index (κ3) is 3.70. The van der Waals surface area contributed by atoms with Crippen molar-refractivity contribution in [2.45, 2.75) is 39.0 Å². The van der Waals surface area contributed by atoms with E-state index in [0.717, 1.165) is 31.3 Å². The van der Waals surface area contributed by atoms with Crippen LogP contribution in [0, 0.1) is 5.41 Å². The molecule has 0 aliphatic heterocycles. The van der Waals surface area contributed by atoms with Crippen LogP contribution in [0.4, 0.5) is 5.95 Å². The molecule has 0 aromatic carbocycles. The van der Waals surface area contributed by atoms with Gasteiger partial charge in [0.2, 0.25) is 5.95 Å². The van der Waals surface area contributed by atoms with Gasteiger partial charge in [-0.1, -0.05) is 13.8 Å². The van der Waals surface area contributed by atoms with Gasteiger partial charge < -0.3 is 10.1 Å². The molecule has 0 atom stereocenters. The number of H-pyrrole nitrogens is 1. The molecule has 96 valence electrons. The highest BCUT2D eigenvalue weighted by atomic mass is 16.5. The molecule has 0 unspecified atom stereocenters. The second-order valence-corrected chi connectivity index (χ2v) is 5.58. The van der Waals surface area contributed by atoms with Crippen molar-refractivity contribution in [1.29, 1.82) is 0 Å². The van der Waals surface area contributed by atoms with E-state index >= 15 is 0 Å². The van der Waals surface area contributed by atoms with Gasteiger partial charge >= 0.3 is 0 Å². The summed E-state index contributed by atoms with van der Waals surface area (Å²) < 4.78 is 5.11. The Balaban J connectivity index is 1.79. The van der Waals surface area contributed by atoms with E-state index in [1.165, 1.54) is 12.8 Å². The Labute approximate surface area is 102 Å². The molecule has 1 fully saturated rings. The molecule has 2 rings (SSSR count). The Hall–Kier alpha value is -1.10. The Kier molecular flexibility index (Phi) is 3.66. The van der Waals surface area contributed by atoms with Gasteiger partial charge in [0.15, 0.2) is 0 Å². The van der Waals surface area contributed by atoms with Crippen molar-refractivity contribution in [3.05, 3.63) is 5.82 Å². The second-order valence-electron chi connectivity index (χ2n) is 5.58. The zero-order valence-electron chi connectivity index (χ0n) is 10.9. The average molecular weight is 238 g/mol. The molecule has 1 saturated carbocycles. The Morgan fingerprint density at radius 1 is 1.47 bits per heavy atom. The van der Waals surface area contributed by atoms with Gasteiger partial charge in [-0.2, -0.15) is 4.98 Å². The first-order valence-electron chi connectivity index (χ1n) is 6.26. The fourth-order valence-electron chi connectivity index (χ4n) is 1.68. The molecule has 5 nitrogen and oxygen atoms in total. The van der Waals surface area contributed by atoms with E-state index in [1.54, 1.807) is 7.11 Å². The summed E-state index contributed by atoms with van der Waals surface area (Å²) in [6, 6.07) is 0. The summed E-state index contributed by atoms with van der Waals surface area (Å²) in [5.74, 6) is 2.37. The quantitative estimate of drug-likeness (QED) is 0.764. The Bertz CT molecular complexity index is 357. The molecule has 1 aliphatic rings. The van der Waals surface area contributed by atoms with Gasteiger partial charge in [-0.3, -0.25) is 5.10 Å². The van der Waals surface area contributed by atoms with Gasteiger partial charge in [-0.25, -0.2) is 0 Å². The smallest absolute Gasteiger partial charge is 0.242 e. The van der Waals surface area contributed by atoms with Crippen LogP contribution in [0.15, 0.2) is 0 Å². The SMILES string of the molecule is COCCC(C)(C)CNc1n[nH]c(C2CC2)n1. The third-order valence-electron chi connectivity index (χ3n) is 3.17. The molecular weight excluding hydrogens is 216 g/mol. The standard InChI is InChI=1S/C12H22N4O/c1-12(2,6-7-17-3)8-13-11-14-10(15-16-11)9-4-5-9/h9H,4-8H2,1-3H3,(H2,13,14,15,16). The maximum atomic E-state index is 5.11. The fraction of sp³-hybridized carbons (Fsp3) is 0.833. The van der Waals surface area contributed by atoms with E-state index in [4.69, 9.17) is 4.74 Å². The summed E-state index contributed by atoms with van der Waals surface area (Å²) in [6.45, 7) is 6.08. The van der Waals surface area contributed by atoms with Crippen LogP contribution in [0.25, 0.3) is 0 Å². The van der Waals surface area contributed by atoms with Crippen LogP contribution in [0.1, 0.15) is 44.9 Å². The summed E-state index contributed by atoms with van der Waals surface area (Å²) in [5, 5.41) is 10.5. The number of rotatable bonds is 7. The van der Waals surface area contributed by atoms with Gasteiger partial charge in [0.25, 0.3) is 0 Å². The number of ether oxygens (including phenoxy) is 1. The van der Waals surface area contributed by atoms with Gasteiger partial charge in [0.1, 0.15) is 5.82 Å². The molecule has 2 N–H and O–H groups in total. The number of hydrogen-bond acceptors (Lipinski definition) is 4. The molecule has 17 heavy (non-hydrogen) atoms. The van der Waals surface area contributed by atoms with Crippen LogP contribution in [-0.4, -0.2) is 35.4 Å². The average Bonchev–Trinajstić information content (AvgIpc) is 3.04. The number of aromatic nitrogens is 3. The number of aromatic amines is 1. The lowest BCUT2D eigenvalue weighted by molar-refractivity contribution is 0.157. The van der Waals surface area contributed by atoms with Gasteiger partial charge in [-0.05, 0) is 24.7 Å². The maximum absolute atomic E-state index is 5.11. The van der Waals surface area contributed by atoms with Crippen LogP contribution < -0.4 is 5.32 Å². The summed E-state index contributed by atoms with van der Waals surface area (Å²) in [7, 11) is 1.74. The predicted octanol–water partition coefficient (Wildman–Crippen LogP) is 2.16. The molecule has 0 radical (unpaired) electrons. The normalized spacial score (nSPS) is 16.2. The van der Waals surface area contributed by atoms with E-state index in [-0.39, 0.29) is 5.41 Å². The van der Waals surface area contributed by atoms with Crippen molar-refractivity contribution in [3.63, 3.8) is 0 Å². The van der Waals surface area contributed by atoms with E-state index in [0.29, 0.717) is 5.92 Å². The predicted molar refractivity (Wildman–Crippen MR) is 67.1 cm³/mol. The lowest BCUT2D eigenvalue weighted by Crippen LogP contribution is -2.25. The van der Waals surface area contributed by atoms with Crippen LogP contribution in [-0.2, 0) is 4.74 Å². The molecule has 0 amide bonds. The van der Waals surface area contributed by atoms with E-state index < -0.39 is 0 Å². The summed E-state index contributed by atoms with van der Waals surface area (Å²) in [5.41, 5.74) is 0.191. The minimum atomic E-state index is 0.191. The van der Waals surface area contributed by atoms with Gasteiger partial charge in [0.05, 0.1) is 0 Å². The first-order valence-corrected chi connectivity index (χ1v) is 6.26. The number of nitrogens with zero attached hydrogens (tertiary/aromatic N) is 2. The van der Waals surface area contributed by atoms with Crippen LogP contribution in [0.3, 0.4) is 0 Å². The Morgan fingerprint density at radius 3 is 2.88 bits per heavy atom. The van der Waals surface area contributed by atoms with Crippen LogP contribution >= 0.6 is 0 Å². The number of methoxy groups -OCH3 is 1. The lowest BCUT2D eigenvalue weighted by Gasteiger charge is -2.23. The highest BCUT2D eigenvalue weighted by Crippen LogP contribution is 2.38. The molecular formula is C12H22N4O. The monoisotopic (exact) mass is 238 g/mol. The molecule has 5 heteroatoms. The van der Waals surface area contributed by atoms with Crippen molar-refractivity contribution in [1.82, 2.24) is 15.2 Å². The first-order chi connectivity index (χ1) is 8.11. The first kappa shape index (κ1) is 12.4.